The molecule has 0 heterocycles. The van der Waals surface area contributed by atoms with Gasteiger partial charge in [0.25, 0.3) is 0 Å². The van der Waals surface area contributed by atoms with Crippen molar-refractivity contribution < 1.29 is 22.7 Å². The molecule has 2 amide bonds. The molecule has 0 unspecified atom stereocenters. The molecule has 0 bridgehead atoms. The third-order valence-corrected chi connectivity index (χ3v) is 6.64. The zero-order chi connectivity index (χ0) is 26.9. The van der Waals surface area contributed by atoms with Crippen LogP contribution in [0, 0.1) is 0 Å². The van der Waals surface area contributed by atoms with Gasteiger partial charge in [-0.25, -0.2) is 8.42 Å². The summed E-state index contributed by atoms with van der Waals surface area (Å²) in [6.07, 6.45) is 1.55. The van der Waals surface area contributed by atoms with Gasteiger partial charge in [0.15, 0.2) is 0 Å². The number of nitrogens with zero attached hydrogens (tertiary/aromatic N) is 2. The molecule has 0 spiro atoms. The van der Waals surface area contributed by atoms with E-state index in [0.29, 0.717) is 24.5 Å². The predicted molar refractivity (Wildman–Crippen MR) is 143 cm³/mol. The Balaban J connectivity index is 2.14. The highest BCUT2D eigenvalue weighted by Crippen LogP contribution is 2.22. The minimum atomic E-state index is -3.56. The van der Waals surface area contributed by atoms with E-state index in [1.807, 2.05) is 58.0 Å². The van der Waals surface area contributed by atoms with Gasteiger partial charge in [-0.2, -0.15) is 0 Å². The average molecular weight is 518 g/mol. The summed E-state index contributed by atoms with van der Waals surface area (Å²) in [6.45, 7) is 10.2. The lowest BCUT2D eigenvalue weighted by molar-refractivity contribution is -0.141. The van der Waals surface area contributed by atoms with Crippen molar-refractivity contribution in [3.8, 4) is 5.75 Å². The van der Waals surface area contributed by atoms with E-state index in [0.717, 1.165) is 11.8 Å². The minimum absolute atomic E-state index is 0.100. The van der Waals surface area contributed by atoms with Gasteiger partial charge >= 0.3 is 0 Å². The third kappa shape index (κ3) is 9.18. The topological polar surface area (TPSA) is 96.0 Å². The zero-order valence-electron chi connectivity index (χ0n) is 22.2. The van der Waals surface area contributed by atoms with Crippen molar-refractivity contribution in [2.24, 2.45) is 0 Å². The van der Waals surface area contributed by atoms with Crippen LogP contribution < -0.4 is 14.4 Å². The van der Waals surface area contributed by atoms with Crippen LogP contribution in [0.4, 0.5) is 5.69 Å². The van der Waals surface area contributed by atoms with Crippen LogP contribution in [0.2, 0.25) is 0 Å². The Morgan fingerprint density at radius 3 is 2.17 bits per heavy atom. The average Bonchev–Trinajstić information content (AvgIpc) is 2.79. The van der Waals surface area contributed by atoms with Crippen LogP contribution in [0.25, 0.3) is 0 Å². The molecule has 9 heteroatoms. The molecule has 1 N–H and O–H groups in total. The smallest absolute Gasteiger partial charge is 0.242 e. The number of ether oxygens (including phenoxy) is 1. The number of anilines is 1. The van der Waals surface area contributed by atoms with Crippen molar-refractivity contribution in [2.75, 3.05) is 23.7 Å². The monoisotopic (exact) mass is 517 g/mol. The Bertz CT molecular complexity index is 1100. The maximum atomic E-state index is 13.3. The molecular formula is C27H39N3O5S. The standard InChI is InChI=1S/C27H39N3O5S/c1-7-35-24-17-15-23(16-18-24)30(36(6,33)34)19-11-14-25(31)29(20-22-12-9-8-10-13-22)21(2)26(32)28-27(3,4)5/h8-10,12-13,15-18,21H,7,11,14,19-20H2,1-6H3,(H,28,32)/t21-/m0/s1. The molecule has 0 saturated carbocycles. The molecule has 0 radical (unpaired) electrons. The number of nitrogens with one attached hydrogen (secondary N) is 1. The zero-order valence-corrected chi connectivity index (χ0v) is 23.0. The highest BCUT2D eigenvalue weighted by molar-refractivity contribution is 7.92. The van der Waals surface area contributed by atoms with Crippen LogP contribution in [-0.2, 0) is 26.2 Å². The number of sulfonamides is 1. The fraction of sp³-hybridized carbons (Fsp3) is 0.481. The van der Waals surface area contributed by atoms with Gasteiger partial charge < -0.3 is 15.0 Å². The number of carbonyl (C=O) groups is 2. The molecule has 1 atom stereocenters. The Labute approximate surface area is 215 Å². The minimum Gasteiger partial charge on any atom is -0.494 e. The predicted octanol–water partition coefficient (Wildman–Crippen LogP) is 3.96. The second-order valence-corrected chi connectivity index (χ2v) is 11.7. The fourth-order valence-corrected chi connectivity index (χ4v) is 4.68. The lowest BCUT2D eigenvalue weighted by Gasteiger charge is -2.32. The summed E-state index contributed by atoms with van der Waals surface area (Å²) >= 11 is 0. The van der Waals surface area contributed by atoms with E-state index < -0.39 is 21.6 Å². The van der Waals surface area contributed by atoms with Crippen LogP contribution in [0.5, 0.6) is 5.75 Å². The van der Waals surface area contributed by atoms with Crippen molar-refractivity contribution in [1.82, 2.24) is 10.2 Å². The van der Waals surface area contributed by atoms with Gasteiger partial charge in [0, 0.05) is 25.0 Å². The summed E-state index contributed by atoms with van der Waals surface area (Å²) in [5.74, 6) is 0.207. The molecular weight excluding hydrogens is 478 g/mol. The summed E-state index contributed by atoms with van der Waals surface area (Å²) in [5.41, 5.74) is 0.987. The third-order valence-electron chi connectivity index (χ3n) is 5.45. The Hall–Kier alpha value is -3.07. The maximum Gasteiger partial charge on any atom is 0.242 e. The van der Waals surface area contributed by atoms with E-state index >= 15 is 0 Å². The molecule has 0 fully saturated rings. The van der Waals surface area contributed by atoms with Gasteiger partial charge in [-0.1, -0.05) is 30.3 Å². The Kier molecular flexibility index (Phi) is 10.3. The Morgan fingerprint density at radius 1 is 1.03 bits per heavy atom. The first-order chi connectivity index (χ1) is 16.8. The van der Waals surface area contributed by atoms with Crippen molar-refractivity contribution >= 4 is 27.5 Å². The number of benzene rings is 2. The number of amides is 2. The molecule has 0 aromatic heterocycles. The molecule has 0 aliphatic heterocycles. The van der Waals surface area contributed by atoms with Crippen molar-refractivity contribution in [1.29, 1.82) is 0 Å². The van der Waals surface area contributed by atoms with Crippen molar-refractivity contribution in [2.45, 2.75) is 65.6 Å². The van der Waals surface area contributed by atoms with Crippen molar-refractivity contribution in [3.05, 3.63) is 60.2 Å². The van der Waals surface area contributed by atoms with Gasteiger partial charge in [0.05, 0.1) is 18.6 Å². The first-order valence-electron chi connectivity index (χ1n) is 12.2. The van der Waals surface area contributed by atoms with E-state index in [9.17, 15) is 18.0 Å². The molecule has 2 aromatic carbocycles. The van der Waals surface area contributed by atoms with Crippen LogP contribution in [-0.4, -0.2) is 56.1 Å². The molecule has 0 aliphatic carbocycles. The molecule has 0 aliphatic rings. The maximum absolute atomic E-state index is 13.3. The van der Waals surface area contributed by atoms with Crippen LogP contribution in [0.15, 0.2) is 54.6 Å². The van der Waals surface area contributed by atoms with Crippen LogP contribution in [0.1, 0.15) is 53.0 Å². The summed E-state index contributed by atoms with van der Waals surface area (Å²) in [4.78, 5) is 27.7. The summed E-state index contributed by atoms with van der Waals surface area (Å²) < 4.78 is 31.7. The fourth-order valence-electron chi connectivity index (χ4n) is 3.72. The molecule has 36 heavy (non-hydrogen) atoms. The van der Waals surface area contributed by atoms with Crippen LogP contribution in [0.3, 0.4) is 0 Å². The molecule has 0 saturated heterocycles. The number of rotatable bonds is 12. The van der Waals surface area contributed by atoms with Gasteiger partial charge in [-0.3, -0.25) is 13.9 Å². The first-order valence-corrected chi connectivity index (χ1v) is 14.0. The molecule has 198 valence electrons. The highest BCUT2D eigenvalue weighted by atomic mass is 32.2. The second kappa shape index (κ2) is 12.8. The van der Waals surface area contributed by atoms with Gasteiger partial charge in [-0.05, 0) is 70.9 Å². The van der Waals surface area contributed by atoms with E-state index in [1.165, 1.54) is 4.31 Å². The lowest BCUT2D eigenvalue weighted by atomic mass is 10.1. The first kappa shape index (κ1) is 29.2. The van der Waals surface area contributed by atoms with E-state index in [-0.39, 0.29) is 31.3 Å². The number of carbonyl (C=O) groups excluding carboxylic acids is 2. The summed E-state index contributed by atoms with van der Waals surface area (Å²) in [6, 6.07) is 15.6. The number of hydrogen-bond acceptors (Lipinski definition) is 5. The quantitative estimate of drug-likeness (QED) is 0.460. The summed E-state index contributed by atoms with van der Waals surface area (Å²) in [5, 5.41) is 2.94. The SMILES string of the molecule is CCOc1ccc(N(CCCC(=O)N(Cc2ccccc2)[C@@H](C)C(=O)NC(C)(C)C)S(C)(=O)=O)cc1. The van der Waals surface area contributed by atoms with Gasteiger partial charge in [0.1, 0.15) is 11.8 Å². The van der Waals surface area contributed by atoms with E-state index in [1.54, 1.807) is 36.1 Å². The van der Waals surface area contributed by atoms with E-state index in [4.69, 9.17) is 4.74 Å². The molecule has 2 aromatic rings. The number of hydrogen-bond donors (Lipinski definition) is 1. The van der Waals surface area contributed by atoms with Gasteiger partial charge in [-0.15, -0.1) is 0 Å². The second-order valence-electron chi connectivity index (χ2n) is 9.79. The van der Waals surface area contributed by atoms with Crippen LogP contribution >= 0.6 is 0 Å². The molecule has 2 rings (SSSR count). The Morgan fingerprint density at radius 2 is 1.64 bits per heavy atom. The normalized spacial score (nSPS) is 12.5. The van der Waals surface area contributed by atoms with Crippen molar-refractivity contribution in [3.63, 3.8) is 0 Å². The lowest BCUT2D eigenvalue weighted by Crippen LogP contribution is -2.52. The highest BCUT2D eigenvalue weighted by Gasteiger charge is 2.28. The van der Waals surface area contributed by atoms with E-state index in [2.05, 4.69) is 5.32 Å². The largest absolute Gasteiger partial charge is 0.494 e. The molecule has 8 nitrogen and oxygen atoms in total. The summed E-state index contributed by atoms with van der Waals surface area (Å²) in [7, 11) is -3.56. The van der Waals surface area contributed by atoms with Gasteiger partial charge in [0.2, 0.25) is 21.8 Å².